The van der Waals surface area contributed by atoms with Gasteiger partial charge in [0.2, 0.25) is 0 Å². The molecule has 4 nitrogen and oxygen atoms in total. The third kappa shape index (κ3) is 6.86. The molecule has 0 saturated carbocycles. The fraction of sp³-hybridized carbons (Fsp3) is 0.348. The number of nitrogens with zero attached hydrogens (tertiary/aromatic N) is 3. The molecule has 0 aliphatic carbocycles. The highest BCUT2D eigenvalue weighted by molar-refractivity contribution is 5.97. The number of hydrogen-bond donors (Lipinski definition) is 1. The molecule has 4 heteroatoms. The molecule has 258 valence electrons. The van der Waals surface area contributed by atoms with Crippen LogP contribution in [0.15, 0.2) is 97.2 Å². The summed E-state index contributed by atoms with van der Waals surface area (Å²) in [5, 5.41) is 11.3. The lowest BCUT2D eigenvalue weighted by atomic mass is 9.80. The van der Waals surface area contributed by atoms with Crippen LogP contribution in [0, 0.1) is 0 Å². The van der Waals surface area contributed by atoms with Gasteiger partial charge in [0.25, 0.3) is 0 Å². The highest BCUT2D eigenvalue weighted by atomic mass is 16.3. The molecule has 0 bridgehead atoms. The quantitative estimate of drug-likeness (QED) is 0.204. The zero-order valence-corrected chi connectivity index (χ0v) is 32.0. The molecule has 0 unspecified atom stereocenters. The maximum absolute atomic E-state index is 11.3. The molecule has 0 aliphatic rings. The van der Waals surface area contributed by atoms with E-state index in [4.69, 9.17) is 9.97 Å². The van der Waals surface area contributed by atoms with Crippen LogP contribution in [0.5, 0.6) is 5.75 Å². The Balaban J connectivity index is 1.79. The standard InChI is InChI=1S/C46H53N3O/c1-43(2,3)31-22-29(21-30(23-31)38-18-15-16-20-47-38)37-27-34(46(10,11)12)28-39-41(37)48-42(36-17-13-14-19-40(36)50)49(39)35-25-32(44(4,5)6)24-33(26-35)45(7,8)9/h13-28,50H,1-12H3. The molecule has 4 aromatic carbocycles. The van der Waals surface area contributed by atoms with E-state index in [0.29, 0.717) is 11.4 Å². The summed E-state index contributed by atoms with van der Waals surface area (Å²) in [4.78, 5) is 10.2. The Hall–Kier alpha value is -4.70. The van der Waals surface area contributed by atoms with Gasteiger partial charge < -0.3 is 5.11 Å². The molecule has 1 N–H and O–H groups in total. The number of pyridine rings is 1. The first-order chi connectivity index (χ1) is 23.2. The summed E-state index contributed by atoms with van der Waals surface area (Å²) in [5.41, 5.74) is 12.4. The molecule has 6 rings (SSSR count). The molecule has 50 heavy (non-hydrogen) atoms. The average molecular weight is 664 g/mol. The summed E-state index contributed by atoms with van der Waals surface area (Å²) in [6.07, 6.45) is 1.86. The number of aromatic hydroxyl groups is 1. The second-order valence-electron chi connectivity index (χ2n) is 18.0. The molecule has 0 saturated heterocycles. The van der Waals surface area contributed by atoms with E-state index < -0.39 is 0 Å². The molecule has 0 amide bonds. The van der Waals surface area contributed by atoms with Gasteiger partial charge in [-0.05, 0) is 110 Å². The fourth-order valence-corrected chi connectivity index (χ4v) is 6.44. The van der Waals surface area contributed by atoms with Crippen LogP contribution in [0.4, 0.5) is 0 Å². The minimum absolute atomic E-state index is 0.0710. The molecule has 6 aromatic rings. The van der Waals surface area contributed by atoms with Crippen LogP contribution in [0.1, 0.15) is 105 Å². The van der Waals surface area contributed by atoms with Gasteiger partial charge in [-0.1, -0.05) is 113 Å². The van der Waals surface area contributed by atoms with Crippen LogP contribution in [0.2, 0.25) is 0 Å². The van der Waals surface area contributed by atoms with E-state index in [0.717, 1.165) is 39.1 Å². The number of fused-ring (bicyclic) bond motifs is 1. The summed E-state index contributed by atoms with van der Waals surface area (Å²) < 4.78 is 2.28. The van der Waals surface area contributed by atoms with Gasteiger partial charge in [-0.25, -0.2) is 4.98 Å². The van der Waals surface area contributed by atoms with Crippen LogP contribution in [-0.2, 0) is 21.7 Å². The van der Waals surface area contributed by atoms with E-state index in [1.54, 1.807) is 6.07 Å². The summed E-state index contributed by atoms with van der Waals surface area (Å²) in [6, 6.07) is 32.1. The molecule has 2 aromatic heterocycles. The van der Waals surface area contributed by atoms with Crippen molar-refractivity contribution in [2.45, 2.75) is 105 Å². The predicted octanol–water partition coefficient (Wildman–Crippen LogP) is 12.3. The van der Waals surface area contributed by atoms with Gasteiger partial charge in [0.1, 0.15) is 11.6 Å². The van der Waals surface area contributed by atoms with Gasteiger partial charge in [-0.15, -0.1) is 0 Å². The van der Waals surface area contributed by atoms with E-state index in [-0.39, 0.29) is 27.4 Å². The zero-order chi connectivity index (χ0) is 36.4. The molecule has 0 fully saturated rings. The molecule has 0 atom stereocenters. The first-order valence-electron chi connectivity index (χ1n) is 17.8. The number of phenolic OH excluding ortho intramolecular Hbond substituents is 1. The van der Waals surface area contributed by atoms with Gasteiger partial charge in [0.05, 0.1) is 22.3 Å². The van der Waals surface area contributed by atoms with Crippen molar-refractivity contribution in [2.24, 2.45) is 0 Å². The van der Waals surface area contributed by atoms with Crippen LogP contribution in [0.3, 0.4) is 0 Å². The summed E-state index contributed by atoms with van der Waals surface area (Å²) in [6.45, 7) is 27.2. The van der Waals surface area contributed by atoms with Crippen molar-refractivity contribution in [1.29, 1.82) is 0 Å². The number of para-hydroxylation sites is 1. The molecule has 2 heterocycles. The number of aromatic nitrogens is 3. The van der Waals surface area contributed by atoms with Gasteiger partial charge in [0.15, 0.2) is 0 Å². The Morgan fingerprint density at radius 1 is 0.520 bits per heavy atom. The molecule has 0 spiro atoms. The van der Waals surface area contributed by atoms with Crippen molar-refractivity contribution in [1.82, 2.24) is 14.5 Å². The Labute approximate surface area is 299 Å². The first kappa shape index (κ1) is 35.1. The number of hydrogen-bond acceptors (Lipinski definition) is 3. The maximum Gasteiger partial charge on any atom is 0.149 e. The van der Waals surface area contributed by atoms with Crippen LogP contribution >= 0.6 is 0 Å². The lowest BCUT2D eigenvalue weighted by Crippen LogP contribution is -2.17. The monoisotopic (exact) mass is 663 g/mol. The maximum atomic E-state index is 11.3. The van der Waals surface area contributed by atoms with Crippen molar-refractivity contribution >= 4 is 11.0 Å². The highest BCUT2D eigenvalue weighted by Gasteiger charge is 2.27. The van der Waals surface area contributed by atoms with Crippen molar-refractivity contribution in [3.8, 4) is 45.2 Å². The Morgan fingerprint density at radius 2 is 1.06 bits per heavy atom. The van der Waals surface area contributed by atoms with Gasteiger partial charge >= 0.3 is 0 Å². The Bertz CT molecular complexity index is 2160. The third-order valence-corrected chi connectivity index (χ3v) is 9.75. The minimum Gasteiger partial charge on any atom is -0.507 e. The largest absolute Gasteiger partial charge is 0.507 e. The summed E-state index contributed by atoms with van der Waals surface area (Å²) in [7, 11) is 0. The van der Waals surface area contributed by atoms with Crippen molar-refractivity contribution in [2.75, 3.05) is 0 Å². The van der Waals surface area contributed by atoms with Crippen molar-refractivity contribution < 1.29 is 5.11 Å². The highest BCUT2D eigenvalue weighted by Crippen LogP contribution is 2.43. The normalized spacial score (nSPS) is 12.9. The average Bonchev–Trinajstić information content (AvgIpc) is 3.42. The summed E-state index contributed by atoms with van der Waals surface area (Å²) in [5.74, 6) is 0.921. The fourth-order valence-electron chi connectivity index (χ4n) is 6.44. The van der Waals surface area contributed by atoms with E-state index >= 15 is 0 Å². The smallest absolute Gasteiger partial charge is 0.149 e. The Morgan fingerprint density at radius 3 is 1.62 bits per heavy atom. The number of phenols is 1. The third-order valence-electron chi connectivity index (χ3n) is 9.75. The van der Waals surface area contributed by atoms with Crippen LogP contribution in [-0.4, -0.2) is 19.6 Å². The van der Waals surface area contributed by atoms with Crippen molar-refractivity contribution in [3.05, 3.63) is 119 Å². The molecule has 0 radical (unpaired) electrons. The lowest BCUT2D eigenvalue weighted by Gasteiger charge is -2.27. The topological polar surface area (TPSA) is 50.9 Å². The second-order valence-corrected chi connectivity index (χ2v) is 18.0. The molecular formula is C46H53N3O. The SMILES string of the molecule is CC(C)(C)c1cc(-c2ccccn2)cc(-c2cc(C(C)(C)C)cc3c2nc(-c2ccccc2O)n3-c2cc(C(C)(C)C)cc(C(C)(C)C)c2)c1. The van der Waals surface area contributed by atoms with E-state index in [1.807, 2.05) is 36.5 Å². The van der Waals surface area contributed by atoms with E-state index in [1.165, 1.54) is 22.3 Å². The number of rotatable bonds is 4. The minimum atomic E-state index is -0.137. The number of benzene rings is 4. The second kappa shape index (κ2) is 12.3. The predicted molar refractivity (Wildman–Crippen MR) is 212 cm³/mol. The number of imidazole rings is 1. The van der Waals surface area contributed by atoms with E-state index in [9.17, 15) is 5.11 Å². The first-order valence-corrected chi connectivity index (χ1v) is 17.8. The van der Waals surface area contributed by atoms with Gasteiger partial charge in [0, 0.05) is 23.0 Å². The van der Waals surface area contributed by atoms with Crippen LogP contribution < -0.4 is 0 Å². The van der Waals surface area contributed by atoms with Gasteiger partial charge in [-0.2, -0.15) is 0 Å². The Kier molecular flexibility index (Phi) is 8.62. The van der Waals surface area contributed by atoms with E-state index in [2.05, 4.69) is 142 Å². The molecular weight excluding hydrogens is 611 g/mol. The lowest BCUT2D eigenvalue weighted by molar-refractivity contribution is 0.477. The summed E-state index contributed by atoms with van der Waals surface area (Å²) >= 11 is 0. The van der Waals surface area contributed by atoms with Gasteiger partial charge in [-0.3, -0.25) is 9.55 Å². The van der Waals surface area contributed by atoms with Crippen LogP contribution in [0.25, 0.3) is 50.5 Å². The molecule has 0 aliphatic heterocycles. The van der Waals surface area contributed by atoms with Crippen molar-refractivity contribution in [3.63, 3.8) is 0 Å². The zero-order valence-electron chi connectivity index (χ0n) is 32.0.